The number of benzene rings is 1. The van der Waals surface area contributed by atoms with Crippen molar-refractivity contribution in [3.63, 3.8) is 0 Å². The molecule has 0 bridgehead atoms. The van der Waals surface area contributed by atoms with Gasteiger partial charge in [-0.15, -0.1) is 0 Å². The maximum absolute atomic E-state index is 13.9. The van der Waals surface area contributed by atoms with Crippen LogP contribution in [0.25, 0.3) is 0 Å². The zero-order chi connectivity index (χ0) is 13.1. The summed E-state index contributed by atoms with van der Waals surface area (Å²) >= 11 is 3.33. The van der Waals surface area contributed by atoms with Gasteiger partial charge in [0.05, 0.1) is 6.04 Å². The minimum absolute atomic E-state index is 0.301. The number of aromatic nitrogens is 1. The van der Waals surface area contributed by atoms with Gasteiger partial charge in [0.2, 0.25) is 0 Å². The number of nitrogens with zero attached hydrogens (tertiary/aromatic N) is 1. The number of nitrogens with two attached hydrogens (primary N) is 1. The SMILES string of the molecule is Cc1ncccc1C(NN)c1cc(Br)ccc1F. The van der Waals surface area contributed by atoms with Crippen LogP contribution >= 0.6 is 15.9 Å². The Kier molecular flexibility index (Phi) is 4.06. The Labute approximate surface area is 113 Å². The summed E-state index contributed by atoms with van der Waals surface area (Å²) in [7, 11) is 0. The molecular formula is C13H13BrFN3. The zero-order valence-corrected chi connectivity index (χ0v) is 11.4. The predicted octanol–water partition coefficient (Wildman–Crippen LogP) is 2.84. The molecule has 1 atom stereocenters. The minimum atomic E-state index is -0.420. The number of hydrazine groups is 1. The Balaban J connectivity index is 2.52. The van der Waals surface area contributed by atoms with Gasteiger partial charge < -0.3 is 0 Å². The number of nitrogens with one attached hydrogen (secondary N) is 1. The van der Waals surface area contributed by atoms with Crippen LogP contribution in [-0.2, 0) is 0 Å². The number of hydrogen-bond acceptors (Lipinski definition) is 3. The van der Waals surface area contributed by atoms with Gasteiger partial charge in [-0.1, -0.05) is 22.0 Å². The van der Waals surface area contributed by atoms with E-state index >= 15 is 0 Å². The molecular weight excluding hydrogens is 297 g/mol. The van der Waals surface area contributed by atoms with Crippen molar-refractivity contribution in [2.75, 3.05) is 0 Å². The average Bonchev–Trinajstić information content (AvgIpc) is 2.36. The molecule has 18 heavy (non-hydrogen) atoms. The van der Waals surface area contributed by atoms with E-state index in [2.05, 4.69) is 26.3 Å². The Morgan fingerprint density at radius 1 is 1.33 bits per heavy atom. The highest BCUT2D eigenvalue weighted by molar-refractivity contribution is 9.10. The molecule has 1 aromatic carbocycles. The summed E-state index contributed by atoms with van der Waals surface area (Å²) in [5.41, 5.74) is 4.81. The van der Waals surface area contributed by atoms with Crippen LogP contribution in [0.4, 0.5) is 4.39 Å². The first kappa shape index (κ1) is 13.1. The second kappa shape index (κ2) is 5.56. The Hall–Kier alpha value is -1.30. The highest BCUT2D eigenvalue weighted by atomic mass is 79.9. The summed E-state index contributed by atoms with van der Waals surface area (Å²) in [5.74, 6) is 5.26. The molecule has 1 aromatic heterocycles. The van der Waals surface area contributed by atoms with Gasteiger partial charge in [-0.3, -0.25) is 10.8 Å². The van der Waals surface area contributed by atoms with Crippen LogP contribution in [0.2, 0.25) is 0 Å². The van der Waals surface area contributed by atoms with E-state index in [9.17, 15) is 4.39 Å². The summed E-state index contributed by atoms with van der Waals surface area (Å²) < 4.78 is 14.7. The lowest BCUT2D eigenvalue weighted by Gasteiger charge is -2.19. The first-order valence-electron chi connectivity index (χ1n) is 5.46. The van der Waals surface area contributed by atoms with Gasteiger partial charge in [-0.05, 0) is 36.8 Å². The van der Waals surface area contributed by atoms with Crippen molar-refractivity contribution in [3.8, 4) is 0 Å². The molecule has 0 fully saturated rings. The van der Waals surface area contributed by atoms with Crippen molar-refractivity contribution in [2.24, 2.45) is 5.84 Å². The molecule has 94 valence electrons. The van der Waals surface area contributed by atoms with Crippen LogP contribution in [0.5, 0.6) is 0 Å². The molecule has 1 unspecified atom stereocenters. The van der Waals surface area contributed by atoms with E-state index in [1.807, 2.05) is 19.1 Å². The Morgan fingerprint density at radius 2 is 2.11 bits per heavy atom. The maximum atomic E-state index is 13.9. The predicted molar refractivity (Wildman–Crippen MR) is 72.2 cm³/mol. The van der Waals surface area contributed by atoms with E-state index in [1.165, 1.54) is 6.07 Å². The molecule has 1 heterocycles. The minimum Gasteiger partial charge on any atom is -0.271 e. The number of rotatable bonds is 3. The van der Waals surface area contributed by atoms with Crippen molar-refractivity contribution >= 4 is 15.9 Å². The molecule has 0 saturated carbocycles. The van der Waals surface area contributed by atoms with Crippen LogP contribution in [0.3, 0.4) is 0 Å². The molecule has 2 rings (SSSR count). The van der Waals surface area contributed by atoms with E-state index in [-0.39, 0.29) is 5.82 Å². The van der Waals surface area contributed by atoms with E-state index in [4.69, 9.17) is 5.84 Å². The molecule has 0 aliphatic heterocycles. The third kappa shape index (κ3) is 2.58. The first-order valence-corrected chi connectivity index (χ1v) is 6.25. The van der Waals surface area contributed by atoms with Gasteiger partial charge in [-0.25, -0.2) is 9.82 Å². The van der Waals surface area contributed by atoms with Crippen LogP contribution in [0, 0.1) is 12.7 Å². The number of halogens is 2. The highest BCUT2D eigenvalue weighted by Crippen LogP contribution is 2.27. The van der Waals surface area contributed by atoms with Gasteiger partial charge in [0, 0.05) is 21.9 Å². The van der Waals surface area contributed by atoms with Gasteiger partial charge in [0.25, 0.3) is 0 Å². The largest absolute Gasteiger partial charge is 0.271 e. The lowest BCUT2D eigenvalue weighted by atomic mass is 9.98. The summed E-state index contributed by atoms with van der Waals surface area (Å²) in [5, 5.41) is 0. The van der Waals surface area contributed by atoms with Crippen molar-refractivity contribution in [1.29, 1.82) is 0 Å². The number of aryl methyl sites for hydroxylation is 1. The van der Waals surface area contributed by atoms with Crippen molar-refractivity contribution in [1.82, 2.24) is 10.4 Å². The molecule has 3 nitrogen and oxygen atoms in total. The Bertz CT molecular complexity index is 560. The van der Waals surface area contributed by atoms with Gasteiger partial charge in [0.1, 0.15) is 5.82 Å². The molecule has 0 radical (unpaired) electrons. The highest BCUT2D eigenvalue weighted by Gasteiger charge is 2.18. The summed E-state index contributed by atoms with van der Waals surface area (Å²) in [4.78, 5) is 4.20. The monoisotopic (exact) mass is 309 g/mol. The van der Waals surface area contributed by atoms with Crippen LogP contribution in [0.15, 0.2) is 41.0 Å². The topological polar surface area (TPSA) is 50.9 Å². The van der Waals surface area contributed by atoms with E-state index in [0.717, 1.165) is 15.7 Å². The third-order valence-corrected chi connectivity index (χ3v) is 3.29. The fraction of sp³-hybridized carbons (Fsp3) is 0.154. The summed E-state index contributed by atoms with van der Waals surface area (Å²) in [6.07, 6.45) is 1.70. The molecule has 3 N–H and O–H groups in total. The molecule has 0 spiro atoms. The fourth-order valence-electron chi connectivity index (χ4n) is 1.88. The quantitative estimate of drug-likeness (QED) is 0.677. The third-order valence-electron chi connectivity index (χ3n) is 2.79. The Morgan fingerprint density at radius 3 is 2.78 bits per heavy atom. The van der Waals surface area contributed by atoms with Gasteiger partial charge in [0.15, 0.2) is 0 Å². The molecule has 0 amide bonds. The van der Waals surface area contributed by atoms with E-state index in [1.54, 1.807) is 18.3 Å². The summed E-state index contributed by atoms with van der Waals surface area (Å²) in [6.45, 7) is 1.87. The van der Waals surface area contributed by atoms with E-state index < -0.39 is 6.04 Å². The molecule has 0 aliphatic rings. The van der Waals surface area contributed by atoms with E-state index in [0.29, 0.717) is 5.56 Å². The normalized spacial score (nSPS) is 12.4. The molecule has 0 aliphatic carbocycles. The van der Waals surface area contributed by atoms with Crippen molar-refractivity contribution < 1.29 is 4.39 Å². The van der Waals surface area contributed by atoms with Gasteiger partial charge >= 0.3 is 0 Å². The van der Waals surface area contributed by atoms with Crippen molar-refractivity contribution in [2.45, 2.75) is 13.0 Å². The second-order valence-corrected chi connectivity index (χ2v) is 4.86. The molecule has 5 heteroatoms. The summed E-state index contributed by atoms with van der Waals surface area (Å²) in [6, 6.07) is 8.05. The number of pyridine rings is 1. The zero-order valence-electron chi connectivity index (χ0n) is 9.82. The fourth-order valence-corrected chi connectivity index (χ4v) is 2.26. The standard InChI is InChI=1S/C13H13BrFN3/c1-8-10(3-2-6-17-8)13(18-16)11-7-9(14)4-5-12(11)15/h2-7,13,18H,16H2,1H3. The first-order chi connectivity index (χ1) is 8.63. The lowest BCUT2D eigenvalue weighted by Crippen LogP contribution is -2.30. The molecule has 0 saturated heterocycles. The van der Waals surface area contributed by atoms with Crippen molar-refractivity contribution in [3.05, 3.63) is 63.6 Å². The maximum Gasteiger partial charge on any atom is 0.128 e. The second-order valence-electron chi connectivity index (χ2n) is 3.94. The van der Waals surface area contributed by atoms with Crippen LogP contribution in [-0.4, -0.2) is 4.98 Å². The average molecular weight is 310 g/mol. The number of hydrogen-bond donors (Lipinski definition) is 2. The molecule has 2 aromatic rings. The van der Waals surface area contributed by atoms with Crippen LogP contribution in [0.1, 0.15) is 22.9 Å². The smallest absolute Gasteiger partial charge is 0.128 e. The van der Waals surface area contributed by atoms with Crippen LogP contribution < -0.4 is 11.3 Å². The lowest BCUT2D eigenvalue weighted by molar-refractivity contribution is 0.557. The van der Waals surface area contributed by atoms with Gasteiger partial charge in [-0.2, -0.15) is 0 Å².